The van der Waals surface area contributed by atoms with Crippen LogP contribution in [0.2, 0.25) is 0 Å². The summed E-state index contributed by atoms with van der Waals surface area (Å²) in [5.41, 5.74) is 6.13. The van der Waals surface area contributed by atoms with E-state index in [9.17, 15) is 13.2 Å². The topological polar surface area (TPSA) is 32.5 Å². The van der Waals surface area contributed by atoms with Crippen molar-refractivity contribution in [2.75, 3.05) is 33.2 Å². The normalized spacial score (nSPS) is 21.5. The molecule has 1 aliphatic heterocycles. The minimum Gasteiger partial charge on any atom is -0.329 e. The van der Waals surface area contributed by atoms with Gasteiger partial charge in [0.15, 0.2) is 17.5 Å². The Labute approximate surface area is 123 Å². The fourth-order valence-electron chi connectivity index (χ4n) is 2.81. The highest BCUT2D eigenvalue weighted by Crippen LogP contribution is 2.28. The van der Waals surface area contributed by atoms with Crippen LogP contribution in [0.4, 0.5) is 13.2 Å². The maximum atomic E-state index is 13.4. The second-order valence-electron chi connectivity index (χ2n) is 6.25. The quantitative estimate of drug-likeness (QED) is 0.868. The van der Waals surface area contributed by atoms with Crippen LogP contribution >= 0.6 is 0 Å². The molecule has 1 aromatic carbocycles. The number of halogens is 3. The van der Waals surface area contributed by atoms with Crippen molar-refractivity contribution >= 4 is 0 Å². The molecule has 1 fully saturated rings. The molecule has 3 nitrogen and oxygen atoms in total. The molecule has 1 unspecified atom stereocenters. The van der Waals surface area contributed by atoms with Crippen molar-refractivity contribution in [1.82, 2.24) is 9.80 Å². The monoisotopic (exact) mass is 301 g/mol. The standard InChI is InChI=1S/C15H22F3N3/c1-15(2)9-21(5-4-20(15)3)13(8-19)10-6-11(16)14(18)12(17)7-10/h6-7,13H,4-5,8-9,19H2,1-3H3. The van der Waals surface area contributed by atoms with Gasteiger partial charge in [0.1, 0.15) is 0 Å². The van der Waals surface area contributed by atoms with Crippen molar-refractivity contribution in [1.29, 1.82) is 0 Å². The fourth-order valence-corrected chi connectivity index (χ4v) is 2.81. The van der Waals surface area contributed by atoms with Gasteiger partial charge >= 0.3 is 0 Å². The molecule has 1 saturated heterocycles. The average molecular weight is 301 g/mol. The molecule has 0 bridgehead atoms. The Balaban J connectivity index is 2.28. The molecule has 2 rings (SSSR count). The van der Waals surface area contributed by atoms with Crippen LogP contribution < -0.4 is 5.73 Å². The van der Waals surface area contributed by atoms with Crippen molar-refractivity contribution in [3.8, 4) is 0 Å². The Morgan fingerprint density at radius 2 is 1.76 bits per heavy atom. The van der Waals surface area contributed by atoms with Crippen LogP contribution in [0.3, 0.4) is 0 Å². The maximum Gasteiger partial charge on any atom is 0.194 e. The van der Waals surface area contributed by atoms with Crippen molar-refractivity contribution in [2.24, 2.45) is 5.73 Å². The summed E-state index contributed by atoms with van der Waals surface area (Å²) in [5.74, 6) is -3.78. The van der Waals surface area contributed by atoms with E-state index in [1.807, 2.05) is 7.05 Å². The lowest BCUT2D eigenvalue weighted by atomic mass is 9.96. The number of benzene rings is 1. The number of rotatable bonds is 3. The second-order valence-corrected chi connectivity index (χ2v) is 6.25. The van der Waals surface area contributed by atoms with Crippen molar-refractivity contribution in [3.05, 3.63) is 35.1 Å². The van der Waals surface area contributed by atoms with Gasteiger partial charge in [-0.25, -0.2) is 13.2 Å². The fraction of sp³-hybridized carbons (Fsp3) is 0.600. The smallest absolute Gasteiger partial charge is 0.194 e. The highest BCUT2D eigenvalue weighted by Gasteiger charge is 2.34. The molecule has 2 N–H and O–H groups in total. The van der Waals surface area contributed by atoms with Crippen LogP contribution in [0.5, 0.6) is 0 Å². The van der Waals surface area contributed by atoms with Gasteiger partial charge < -0.3 is 5.73 Å². The summed E-state index contributed by atoms with van der Waals surface area (Å²) in [4.78, 5) is 4.34. The molecular formula is C15H22F3N3. The van der Waals surface area contributed by atoms with E-state index in [1.54, 1.807) is 0 Å². The minimum atomic E-state index is -1.44. The van der Waals surface area contributed by atoms with Crippen LogP contribution in [-0.4, -0.2) is 48.6 Å². The number of likely N-dealkylation sites (N-methyl/N-ethyl adjacent to an activating group) is 1. The van der Waals surface area contributed by atoms with Crippen molar-refractivity contribution < 1.29 is 13.2 Å². The summed E-state index contributed by atoms with van der Waals surface area (Å²) in [6, 6.07) is 1.77. The Bertz CT molecular complexity index is 496. The summed E-state index contributed by atoms with van der Waals surface area (Å²) >= 11 is 0. The number of nitrogens with two attached hydrogens (primary N) is 1. The zero-order valence-electron chi connectivity index (χ0n) is 12.7. The molecule has 6 heteroatoms. The first-order valence-corrected chi connectivity index (χ1v) is 7.06. The molecule has 21 heavy (non-hydrogen) atoms. The van der Waals surface area contributed by atoms with Gasteiger partial charge in [-0.1, -0.05) is 0 Å². The Kier molecular flexibility index (Phi) is 4.60. The van der Waals surface area contributed by atoms with Gasteiger partial charge in [-0.3, -0.25) is 9.80 Å². The van der Waals surface area contributed by atoms with Gasteiger partial charge in [-0.2, -0.15) is 0 Å². The molecule has 1 aromatic rings. The first kappa shape index (κ1) is 16.3. The molecule has 0 aromatic heterocycles. The minimum absolute atomic E-state index is 0.0528. The highest BCUT2D eigenvalue weighted by molar-refractivity contribution is 5.23. The third-order valence-electron chi connectivity index (χ3n) is 4.40. The van der Waals surface area contributed by atoms with Crippen LogP contribution in [0.1, 0.15) is 25.5 Å². The molecule has 1 atom stereocenters. The number of hydrogen-bond acceptors (Lipinski definition) is 3. The van der Waals surface area contributed by atoms with E-state index in [2.05, 4.69) is 23.6 Å². The van der Waals surface area contributed by atoms with Gasteiger partial charge in [-0.05, 0) is 38.6 Å². The van der Waals surface area contributed by atoms with Crippen LogP contribution in [-0.2, 0) is 0 Å². The third kappa shape index (κ3) is 3.22. The van der Waals surface area contributed by atoms with Gasteiger partial charge in [0.25, 0.3) is 0 Å². The summed E-state index contributed by atoms with van der Waals surface area (Å²) in [6.45, 7) is 6.77. The predicted octanol–water partition coefficient (Wildman–Crippen LogP) is 2.13. The zero-order chi connectivity index (χ0) is 15.8. The van der Waals surface area contributed by atoms with E-state index in [4.69, 9.17) is 5.73 Å². The molecule has 1 heterocycles. The van der Waals surface area contributed by atoms with Crippen LogP contribution in [0.25, 0.3) is 0 Å². The SMILES string of the molecule is CN1CCN(C(CN)c2cc(F)c(F)c(F)c2)CC1(C)C. The van der Waals surface area contributed by atoms with Crippen molar-refractivity contribution in [3.63, 3.8) is 0 Å². The molecule has 0 saturated carbocycles. The van der Waals surface area contributed by atoms with Gasteiger partial charge in [0, 0.05) is 37.8 Å². The molecule has 0 radical (unpaired) electrons. The first-order valence-electron chi connectivity index (χ1n) is 7.06. The Morgan fingerprint density at radius 3 is 2.24 bits per heavy atom. The van der Waals surface area contributed by atoms with Crippen LogP contribution in [0, 0.1) is 17.5 Å². The molecule has 118 valence electrons. The lowest BCUT2D eigenvalue weighted by Crippen LogP contribution is -2.58. The molecule has 0 spiro atoms. The lowest BCUT2D eigenvalue weighted by Gasteiger charge is -2.48. The highest BCUT2D eigenvalue weighted by atomic mass is 19.2. The molecular weight excluding hydrogens is 279 g/mol. The van der Waals surface area contributed by atoms with E-state index in [0.29, 0.717) is 5.56 Å². The van der Waals surface area contributed by atoms with E-state index < -0.39 is 17.5 Å². The number of hydrogen-bond donors (Lipinski definition) is 1. The lowest BCUT2D eigenvalue weighted by molar-refractivity contribution is 0.0179. The Hall–Kier alpha value is -1.11. The summed E-state index contributed by atoms with van der Waals surface area (Å²) < 4.78 is 40.0. The van der Waals surface area contributed by atoms with E-state index in [1.165, 1.54) is 0 Å². The molecule has 1 aliphatic rings. The summed E-state index contributed by atoms with van der Waals surface area (Å²) in [7, 11) is 2.05. The third-order valence-corrected chi connectivity index (χ3v) is 4.40. The largest absolute Gasteiger partial charge is 0.329 e. The number of nitrogens with zero attached hydrogens (tertiary/aromatic N) is 2. The van der Waals surface area contributed by atoms with Gasteiger partial charge in [0.2, 0.25) is 0 Å². The summed E-state index contributed by atoms with van der Waals surface area (Å²) in [5, 5.41) is 0. The summed E-state index contributed by atoms with van der Waals surface area (Å²) in [6.07, 6.45) is 0. The van der Waals surface area contributed by atoms with Crippen molar-refractivity contribution in [2.45, 2.75) is 25.4 Å². The zero-order valence-corrected chi connectivity index (χ0v) is 12.7. The van der Waals surface area contributed by atoms with E-state index in [0.717, 1.165) is 31.8 Å². The molecule has 0 amide bonds. The Morgan fingerprint density at radius 1 is 1.19 bits per heavy atom. The van der Waals surface area contributed by atoms with Gasteiger partial charge in [0.05, 0.1) is 0 Å². The van der Waals surface area contributed by atoms with E-state index >= 15 is 0 Å². The van der Waals surface area contributed by atoms with E-state index in [-0.39, 0.29) is 18.1 Å². The predicted molar refractivity (Wildman–Crippen MR) is 76.4 cm³/mol. The van der Waals surface area contributed by atoms with Crippen LogP contribution in [0.15, 0.2) is 12.1 Å². The average Bonchev–Trinajstić information content (AvgIpc) is 2.40. The maximum absolute atomic E-state index is 13.4. The second kappa shape index (κ2) is 5.94. The first-order chi connectivity index (χ1) is 9.76. The van der Waals surface area contributed by atoms with Gasteiger partial charge in [-0.15, -0.1) is 0 Å². The number of piperazine rings is 1. The molecule has 0 aliphatic carbocycles.